The minimum absolute atomic E-state index is 0.0167. The molecular weight excluding hydrogens is 336 g/mol. The summed E-state index contributed by atoms with van der Waals surface area (Å²) in [6, 6.07) is 0. The van der Waals surface area contributed by atoms with Gasteiger partial charge in [0.25, 0.3) is 0 Å². The second kappa shape index (κ2) is 6.16. The van der Waals surface area contributed by atoms with Crippen molar-refractivity contribution in [2.45, 2.75) is 96.9 Å². The predicted octanol–water partition coefficient (Wildman–Crippen LogP) is 5.43. The third-order valence-electron chi connectivity index (χ3n) is 9.75. The van der Waals surface area contributed by atoms with E-state index in [1.165, 1.54) is 37.7 Å². The van der Waals surface area contributed by atoms with Gasteiger partial charge in [-0.1, -0.05) is 25.5 Å². The van der Waals surface area contributed by atoms with Gasteiger partial charge in [0.2, 0.25) is 0 Å². The first-order valence-corrected chi connectivity index (χ1v) is 11.4. The Morgan fingerprint density at radius 2 is 1.89 bits per heavy atom. The SMILES string of the molecule is C[C@]12CCC(=O)CC1=CC[C@@H]1[C@@H]2CC[C@@]2(C)[C@H]1CC[C@]2(C)OC1CCCO1. The van der Waals surface area contributed by atoms with Crippen LogP contribution in [0.4, 0.5) is 0 Å². The largest absolute Gasteiger partial charge is 0.353 e. The highest BCUT2D eigenvalue weighted by Crippen LogP contribution is 2.67. The molecule has 0 aromatic carbocycles. The first-order valence-electron chi connectivity index (χ1n) is 11.4. The van der Waals surface area contributed by atoms with Crippen LogP contribution in [0.2, 0.25) is 0 Å². The van der Waals surface area contributed by atoms with E-state index in [-0.39, 0.29) is 22.7 Å². The number of carbonyl (C=O) groups is 1. The molecule has 27 heavy (non-hydrogen) atoms. The van der Waals surface area contributed by atoms with Crippen LogP contribution in [0.1, 0.15) is 85.0 Å². The second-order valence-electron chi connectivity index (χ2n) is 10.8. The standard InChI is InChI=1S/C24H36O3/c1-22-11-8-17(25)15-16(22)6-7-18-19(22)9-12-23(2)20(18)10-13-24(23,3)27-21-5-4-14-26-21/h6,18-21H,4-5,7-15H2,1-3H3/t18-,19+,20+,21?,22+,23+,24+/m1/s1. The van der Waals surface area contributed by atoms with E-state index in [9.17, 15) is 4.79 Å². The summed E-state index contributed by atoms with van der Waals surface area (Å²) in [4.78, 5) is 12.0. The van der Waals surface area contributed by atoms with Gasteiger partial charge in [0.15, 0.2) is 6.29 Å². The molecule has 0 N–H and O–H groups in total. The lowest BCUT2D eigenvalue weighted by molar-refractivity contribution is -0.230. The predicted molar refractivity (Wildman–Crippen MR) is 105 cm³/mol. The summed E-state index contributed by atoms with van der Waals surface area (Å²) in [5, 5.41) is 0. The number of fused-ring (bicyclic) bond motifs is 5. The van der Waals surface area contributed by atoms with Crippen molar-refractivity contribution in [1.82, 2.24) is 0 Å². The summed E-state index contributed by atoms with van der Waals surface area (Å²) < 4.78 is 12.5. The molecule has 0 aromatic rings. The van der Waals surface area contributed by atoms with E-state index in [0.29, 0.717) is 5.78 Å². The van der Waals surface area contributed by atoms with Crippen molar-refractivity contribution in [2.75, 3.05) is 6.61 Å². The Morgan fingerprint density at radius 1 is 1.07 bits per heavy atom. The molecule has 0 radical (unpaired) electrons. The fourth-order valence-electron chi connectivity index (χ4n) is 7.83. The van der Waals surface area contributed by atoms with Crippen LogP contribution >= 0.6 is 0 Å². The fraction of sp³-hybridized carbons (Fsp3) is 0.875. The summed E-state index contributed by atoms with van der Waals surface area (Å²) in [5.74, 6) is 2.72. The molecule has 150 valence electrons. The minimum atomic E-state index is -0.0505. The Hall–Kier alpha value is -0.670. The molecule has 5 rings (SSSR count). The zero-order valence-electron chi connectivity index (χ0n) is 17.4. The second-order valence-corrected chi connectivity index (χ2v) is 10.8. The number of ketones is 1. The number of hydrogen-bond donors (Lipinski definition) is 0. The normalized spacial score (nSPS) is 52.1. The molecule has 0 aromatic heterocycles. The molecular formula is C24H36O3. The average Bonchev–Trinajstić information content (AvgIpc) is 3.22. The first-order chi connectivity index (χ1) is 12.9. The number of hydrogen-bond acceptors (Lipinski definition) is 3. The van der Waals surface area contributed by atoms with E-state index in [2.05, 4.69) is 26.8 Å². The van der Waals surface area contributed by atoms with Gasteiger partial charge in [-0.05, 0) is 80.5 Å². The van der Waals surface area contributed by atoms with Gasteiger partial charge in [0.05, 0.1) is 5.60 Å². The highest BCUT2D eigenvalue weighted by molar-refractivity contribution is 5.82. The minimum Gasteiger partial charge on any atom is -0.353 e. The summed E-state index contributed by atoms with van der Waals surface area (Å²) >= 11 is 0. The maximum Gasteiger partial charge on any atom is 0.158 e. The molecule has 1 saturated heterocycles. The van der Waals surface area contributed by atoms with Gasteiger partial charge in [0, 0.05) is 25.9 Å². The van der Waals surface area contributed by atoms with Crippen LogP contribution in [0.5, 0.6) is 0 Å². The molecule has 1 unspecified atom stereocenters. The highest BCUT2D eigenvalue weighted by Gasteiger charge is 2.63. The molecule has 7 atom stereocenters. The zero-order valence-corrected chi connectivity index (χ0v) is 17.4. The van der Waals surface area contributed by atoms with Gasteiger partial charge in [-0.3, -0.25) is 4.79 Å². The smallest absolute Gasteiger partial charge is 0.158 e. The number of Topliss-reactive ketones (excluding diaryl/α,β-unsaturated/α-hetero) is 1. The van der Waals surface area contributed by atoms with E-state index in [1.807, 2.05) is 0 Å². The third-order valence-corrected chi connectivity index (χ3v) is 9.75. The van der Waals surface area contributed by atoms with Gasteiger partial charge in [-0.25, -0.2) is 0 Å². The monoisotopic (exact) mass is 372 g/mol. The van der Waals surface area contributed by atoms with Crippen molar-refractivity contribution < 1.29 is 14.3 Å². The third kappa shape index (κ3) is 2.56. The summed E-state index contributed by atoms with van der Waals surface area (Å²) in [5.41, 5.74) is 1.95. The Morgan fingerprint density at radius 3 is 2.67 bits per heavy atom. The van der Waals surface area contributed by atoms with Crippen LogP contribution in [0.15, 0.2) is 11.6 Å². The number of carbonyl (C=O) groups excluding carboxylic acids is 1. The van der Waals surface area contributed by atoms with E-state index in [1.54, 1.807) is 0 Å². The molecule has 3 nitrogen and oxygen atoms in total. The van der Waals surface area contributed by atoms with Crippen molar-refractivity contribution in [3.8, 4) is 0 Å². The molecule has 0 bridgehead atoms. The topological polar surface area (TPSA) is 35.5 Å². The highest BCUT2D eigenvalue weighted by atomic mass is 16.7. The van der Waals surface area contributed by atoms with Gasteiger partial charge in [-0.2, -0.15) is 0 Å². The van der Waals surface area contributed by atoms with Crippen molar-refractivity contribution in [1.29, 1.82) is 0 Å². The van der Waals surface area contributed by atoms with Crippen molar-refractivity contribution in [3.05, 3.63) is 11.6 Å². The molecule has 4 aliphatic carbocycles. The van der Waals surface area contributed by atoms with Crippen molar-refractivity contribution in [2.24, 2.45) is 28.6 Å². The lowest BCUT2D eigenvalue weighted by atomic mass is 9.47. The van der Waals surface area contributed by atoms with Gasteiger partial charge >= 0.3 is 0 Å². The Labute approximate surface area is 164 Å². The van der Waals surface area contributed by atoms with E-state index in [0.717, 1.165) is 56.5 Å². The van der Waals surface area contributed by atoms with Crippen LogP contribution in [0, 0.1) is 28.6 Å². The van der Waals surface area contributed by atoms with Crippen LogP contribution < -0.4 is 0 Å². The van der Waals surface area contributed by atoms with Gasteiger partial charge in [-0.15, -0.1) is 0 Å². The maximum atomic E-state index is 12.0. The van der Waals surface area contributed by atoms with Crippen LogP contribution in [-0.4, -0.2) is 24.3 Å². The number of ether oxygens (including phenoxy) is 2. The molecule has 5 aliphatic rings. The van der Waals surface area contributed by atoms with Crippen molar-refractivity contribution >= 4 is 5.78 Å². The lowest BCUT2D eigenvalue weighted by Gasteiger charge is -2.59. The summed E-state index contributed by atoms with van der Waals surface area (Å²) in [6.45, 7) is 8.22. The molecule has 1 aliphatic heterocycles. The number of rotatable bonds is 2. The Kier molecular flexibility index (Phi) is 4.19. The molecule has 0 amide bonds. The fourth-order valence-corrected chi connectivity index (χ4v) is 7.83. The summed E-state index contributed by atoms with van der Waals surface area (Å²) in [6.07, 6.45) is 13.5. The Balaban J connectivity index is 1.42. The summed E-state index contributed by atoms with van der Waals surface area (Å²) in [7, 11) is 0. The van der Waals surface area contributed by atoms with Crippen LogP contribution in [0.3, 0.4) is 0 Å². The molecule has 4 fully saturated rings. The number of allylic oxidation sites excluding steroid dienone is 2. The lowest BCUT2D eigenvalue weighted by Crippen LogP contribution is -2.55. The van der Waals surface area contributed by atoms with E-state index in [4.69, 9.17) is 9.47 Å². The maximum absolute atomic E-state index is 12.0. The van der Waals surface area contributed by atoms with Crippen molar-refractivity contribution in [3.63, 3.8) is 0 Å². The van der Waals surface area contributed by atoms with Gasteiger partial charge in [0.1, 0.15) is 5.78 Å². The van der Waals surface area contributed by atoms with E-state index >= 15 is 0 Å². The first kappa shape index (κ1) is 18.4. The zero-order chi connectivity index (χ0) is 18.9. The molecule has 1 heterocycles. The molecule has 3 saturated carbocycles. The van der Waals surface area contributed by atoms with Gasteiger partial charge < -0.3 is 9.47 Å². The van der Waals surface area contributed by atoms with Crippen LogP contribution in [-0.2, 0) is 14.3 Å². The average molecular weight is 373 g/mol. The molecule has 0 spiro atoms. The van der Waals surface area contributed by atoms with E-state index < -0.39 is 0 Å². The van der Waals surface area contributed by atoms with Crippen LogP contribution in [0.25, 0.3) is 0 Å². The quantitative estimate of drug-likeness (QED) is 0.606. The Bertz CT molecular complexity index is 663. The molecule has 3 heteroatoms.